The Balaban J connectivity index is 1.79. The Bertz CT molecular complexity index is 873. The highest BCUT2D eigenvalue weighted by Crippen LogP contribution is 2.37. The average molecular weight is 337 g/mol. The maximum Gasteiger partial charge on any atom is 0.497 e. The van der Waals surface area contributed by atoms with Crippen LogP contribution in [0.5, 0.6) is 0 Å². The lowest BCUT2D eigenvalue weighted by atomic mass is 9.78. The van der Waals surface area contributed by atoms with Crippen molar-refractivity contribution in [1.82, 2.24) is 4.98 Å². The number of hydrogen-bond acceptors (Lipinski definition) is 4. The van der Waals surface area contributed by atoms with Gasteiger partial charge < -0.3 is 9.31 Å². The summed E-state index contributed by atoms with van der Waals surface area (Å²) >= 11 is 1.70. The van der Waals surface area contributed by atoms with Crippen LogP contribution in [0.15, 0.2) is 48.5 Å². The van der Waals surface area contributed by atoms with Gasteiger partial charge in [0.2, 0.25) is 0 Å². The number of rotatable bonds is 2. The highest BCUT2D eigenvalue weighted by Gasteiger charge is 2.52. The smallest absolute Gasteiger partial charge is 0.399 e. The monoisotopic (exact) mass is 337 g/mol. The van der Waals surface area contributed by atoms with Crippen LogP contribution >= 0.6 is 11.3 Å². The average Bonchev–Trinajstić information content (AvgIpc) is 3.06. The van der Waals surface area contributed by atoms with Gasteiger partial charge in [-0.05, 0) is 33.8 Å². The van der Waals surface area contributed by atoms with Crippen molar-refractivity contribution in [2.24, 2.45) is 0 Å². The summed E-state index contributed by atoms with van der Waals surface area (Å²) < 4.78 is 13.6. The van der Waals surface area contributed by atoms with E-state index < -0.39 is 0 Å². The Morgan fingerprint density at radius 3 is 2.21 bits per heavy atom. The molecule has 1 saturated heterocycles. The van der Waals surface area contributed by atoms with Crippen molar-refractivity contribution < 1.29 is 9.31 Å². The summed E-state index contributed by atoms with van der Waals surface area (Å²) in [5.74, 6) is 0. The molecule has 122 valence electrons. The van der Waals surface area contributed by atoms with Crippen molar-refractivity contribution in [3.8, 4) is 10.6 Å². The number of nitrogens with zero attached hydrogens (tertiary/aromatic N) is 1. The predicted molar refractivity (Wildman–Crippen MR) is 101 cm³/mol. The minimum atomic E-state index is -0.385. The molecule has 1 aromatic heterocycles. The minimum absolute atomic E-state index is 0.349. The van der Waals surface area contributed by atoms with Gasteiger partial charge in [0.1, 0.15) is 5.01 Å². The standard InChI is InChI=1S/C19H20BNO2S/c1-18(2)19(3,4)23-20(22-18)14-11-8-12-15-16(14)21-17(24-15)13-9-6-5-7-10-13/h5-12H,1-4H3. The molecule has 1 aliphatic rings. The third-order valence-corrected chi connectivity index (χ3v) is 6.05. The normalized spacial score (nSPS) is 19.1. The molecule has 2 aromatic carbocycles. The van der Waals surface area contributed by atoms with Gasteiger partial charge in [0.25, 0.3) is 0 Å². The fourth-order valence-corrected chi connectivity index (χ4v) is 3.84. The van der Waals surface area contributed by atoms with E-state index in [1.165, 1.54) is 0 Å². The van der Waals surface area contributed by atoms with Crippen LogP contribution < -0.4 is 5.46 Å². The number of thiazole rings is 1. The third-order valence-electron chi connectivity index (χ3n) is 4.98. The lowest BCUT2D eigenvalue weighted by molar-refractivity contribution is 0.00578. The molecule has 4 rings (SSSR count). The predicted octanol–water partition coefficient (Wildman–Crippen LogP) is 4.26. The Morgan fingerprint density at radius 1 is 0.875 bits per heavy atom. The Kier molecular flexibility index (Phi) is 3.57. The van der Waals surface area contributed by atoms with Crippen LogP contribution in [-0.4, -0.2) is 23.3 Å². The molecule has 0 amide bonds. The maximum absolute atomic E-state index is 6.22. The molecule has 0 aliphatic carbocycles. The number of benzene rings is 2. The molecule has 1 aliphatic heterocycles. The van der Waals surface area contributed by atoms with Gasteiger partial charge in [-0.1, -0.05) is 42.5 Å². The molecule has 0 bridgehead atoms. The van der Waals surface area contributed by atoms with Crippen LogP contribution in [0.4, 0.5) is 0 Å². The van der Waals surface area contributed by atoms with E-state index in [9.17, 15) is 0 Å². The second kappa shape index (κ2) is 5.41. The van der Waals surface area contributed by atoms with Crippen molar-refractivity contribution >= 4 is 34.1 Å². The molecule has 24 heavy (non-hydrogen) atoms. The fourth-order valence-electron chi connectivity index (χ4n) is 2.83. The van der Waals surface area contributed by atoms with Crippen molar-refractivity contribution in [3.63, 3.8) is 0 Å². The zero-order valence-electron chi connectivity index (χ0n) is 14.4. The van der Waals surface area contributed by atoms with Crippen LogP contribution in [-0.2, 0) is 9.31 Å². The van der Waals surface area contributed by atoms with Crippen LogP contribution in [0.25, 0.3) is 20.8 Å². The molecule has 3 aromatic rings. The van der Waals surface area contributed by atoms with Gasteiger partial charge >= 0.3 is 7.12 Å². The first-order valence-electron chi connectivity index (χ1n) is 8.18. The van der Waals surface area contributed by atoms with Gasteiger partial charge in [-0.25, -0.2) is 4.98 Å². The quantitative estimate of drug-likeness (QED) is 0.655. The second-order valence-electron chi connectivity index (χ2n) is 7.17. The Hall–Kier alpha value is -1.69. The van der Waals surface area contributed by atoms with E-state index >= 15 is 0 Å². The Morgan fingerprint density at radius 2 is 1.54 bits per heavy atom. The van der Waals surface area contributed by atoms with Crippen molar-refractivity contribution in [3.05, 3.63) is 48.5 Å². The van der Waals surface area contributed by atoms with E-state index in [1.54, 1.807) is 11.3 Å². The summed E-state index contributed by atoms with van der Waals surface area (Å²) in [7, 11) is -0.385. The van der Waals surface area contributed by atoms with Crippen LogP contribution in [0.3, 0.4) is 0 Å². The van der Waals surface area contributed by atoms with Gasteiger partial charge in [-0.2, -0.15) is 0 Å². The summed E-state index contributed by atoms with van der Waals surface area (Å²) in [4.78, 5) is 4.88. The zero-order valence-corrected chi connectivity index (χ0v) is 15.2. The van der Waals surface area contributed by atoms with Crippen molar-refractivity contribution in [1.29, 1.82) is 0 Å². The van der Waals surface area contributed by atoms with E-state index in [1.807, 2.05) is 18.2 Å². The zero-order chi connectivity index (χ0) is 16.9. The molecule has 0 atom stereocenters. The van der Waals surface area contributed by atoms with Crippen molar-refractivity contribution in [2.45, 2.75) is 38.9 Å². The van der Waals surface area contributed by atoms with Gasteiger partial charge in [-0.15, -0.1) is 11.3 Å². The molecular formula is C19H20BNO2S. The molecule has 1 fully saturated rings. The number of para-hydroxylation sites is 1. The maximum atomic E-state index is 6.22. The molecule has 0 spiro atoms. The van der Waals surface area contributed by atoms with E-state index in [-0.39, 0.29) is 18.3 Å². The van der Waals surface area contributed by atoms with E-state index in [4.69, 9.17) is 14.3 Å². The van der Waals surface area contributed by atoms with Crippen LogP contribution in [0, 0.1) is 0 Å². The molecule has 0 saturated carbocycles. The van der Waals surface area contributed by atoms with Gasteiger partial charge in [0.05, 0.1) is 21.4 Å². The number of hydrogen-bond donors (Lipinski definition) is 0. The highest BCUT2D eigenvalue weighted by molar-refractivity contribution is 7.21. The van der Waals surface area contributed by atoms with Crippen LogP contribution in [0.1, 0.15) is 27.7 Å². The molecule has 0 radical (unpaired) electrons. The molecule has 3 nitrogen and oxygen atoms in total. The summed E-state index contributed by atoms with van der Waals surface area (Å²) in [6.45, 7) is 8.29. The van der Waals surface area contributed by atoms with Gasteiger partial charge in [0, 0.05) is 11.0 Å². The first kappa shape index (κ1) is 15.8. The first-order chi connectivity index (χ1) is 11.4. The summed E-state index contributed by atoms with van der Waals surface area (Å²) in [6, 6.07) is 16.5. The highest BCUT2D eigenvalue weighted by atomic mass is 32.1. The summed E-state index contributed by atoms with van der Waals surface area (Å²) in [5.41, 5.74) is 2.42. The number of aromatic nitrogens is 1. The van der Waals surface area contributed by atoms with Gasteiger partial charge in [0.15, 0.2) is 0 Å². The fraction of sp³-hybridized carbons (Fsp3) is 0.316. The minimum Gasteiger partial charge on any atom is -0.399 e. The van der Waals surface area contributed by atoms with Crippen molar-refractivity contribution in [2.75, 3.05) is 0 Å². The van der Waals surface area contributed by atoms with E-state index in [0.29, 0.717) is 0 Å². The third kappa shape index (κ3) is 2.48. The summed E-state index contributed by atoms with van der Waals surface area (Å²) in [5, 5.41) is 1.02. The SMILES string of the molecule is CC1(C)OB(c2cccc3sc(-c4ccccc4)nc23)OC1(C)C. The molecule has 0 N–H and O–H groups in total. The van der Waals surface area contributed by atoms with Crippen LogP contribution in [0.2, 0.25) is 0 Å². The van der Waals surface area contributed by atoms with E-state index in [0.717, 1.165) is 26.3 Å². The van der Waals surface area contributed by atoms with E-state index in [2.05, 4.69) is 58.0 Å². The summed E-state index contributed by atoms with van der Waals surface area (Å²) in [6.07, 6.45) is 0. The topological polar surface area (TPSA) is 31.4 Å². The Labute approximate surface area is 146 Å². The van der Waals surface area contributed by atoms with Gasteiger partial charge in [-0.3, -0.25) is 0 Å². The molecule has 5 heteroatoms. The second-order valence-corrected chi connectivity index (χ2v) is 8.20. The first-order valence-corrected chi connectivity index (χ1v) is 8.99. The molecule has 2 heterocycles. The molecular weight excluding hydrogens is 317 g/mol. The number of fused-ring (bicyclic) bond motifs is 1. The lowest BCUT2D eigenvalue weighted by Crippen LogP contribution is -2.41. The molecule has 0 unspecified atom stereocenters. The largest absolute Gasteiger partial charge is 0.497 e. The lowest BCUT2D eigenvalue weighted by Gasteiger charge is -2.32.